The lowest BCUT2D eigenvalue weighted by Gasteiger charge is -2.37. The number of aromatic nitrogens is 1. The van der Waals surface area contributed by atoms with Gasteiger partial charge in [0, 0.05) is 25.9 Å². The average Bonchev–Trinajstić information content (AvgIpc) is 3.06. The number of nitrogens with zero attached hydrogens (tertiary/aromatic N) is 4. The van der Waals surface area contributed by atoms with Crippen molar-refractivity contribution in [3.05, 3.63) is 37.7 Å². The Balaban J connectivity index is 1.80. The lowest BCUT2D eigenvalue weighted by molar-refractivity contribution is -0.383. The Morgan fingerprint density at radius 2 is 2.10 bits per heavy atom. The molecule has 2 aliphatic heterocycles. The number of anilines is 1. The van der Waals surface area contributed by atoms with Crippen LogP contribution in [-0.2, 0) is 15.7 Å². The molecule has 1 aromatic carbocycles. The van der Waals surface area contributed by atoms with Gasteiger partial charge in [-0.3, -0.25) is 14.9 Å². The summed E-state index contributed by atoms with van der Waals surface area (Å²) in [5, 5.41) is 20.4. The third kappa shape index (κ3) is 3.71. The first-order chi connectivity index (χ1) is 14.5. The summed E-state index contributed by atoms with van der Waals surface area (Å²) in [6, 6.07) is 1.74. The monoisotopic (exact) mass is 456 g/mol. The molecule has 1 atom stereocenters. The number of fused-ring (bicyclic) bond motifs is 1. The molecule has 0 radical (unpaired) electrons. The molecule has 1 spiro atoms. The summed E-state index contributed by atoms with van der Waals surface area (Å²) in [6.07, 6.45) is -4.15. The number of hydrogen-bond acceptors (Lipinski definition) is 9. The van der Waals surface area contributed by atoms with Gasteiger partial charge in [0.15, 0.2) is 10.9 Å². The van der Waals surface area contributed by atoms with E-state index in [9.17, 15) is 33.3 Å². The second-order valence-electron chi connectivity index (χ2n) is 7.33. The second kappa shape index (κ2) is 7.40. The molecule has 9 nitrogen and oxygen atoms in total. The predicted octanol–water partition coefficient (Wildman–Crippen LogP) is 3.19. The minimum absolute atomic E-state index is 0.0451. The molecule has 2 fully saturated rings. The van der Waals surface area contributed by atoms with Crippen LogP contribution in [0.5, 0.6) is 0 Å². The maximum absolute atomic E-state index is 13.4. The van der Waals surface area contributed by atoms with E-state index in [4.69, 9.17) is 9.47 Å². The Morgan fingerprint density at radius 1 is 1.42 bits per heavy atom. The molecule has 0 aliphatic carbocycles. The highest BCUT2D eigenvalue weighted by Crippen LogP contribution is 2.42. The van der Waals surface area contributed by atoms with Crippen molar-refractivity contribution in [1.82, 2.24) is 4.98 Å². The minimum atomic E-state index is -5.04. The van der Waals surface area contributed by atoms with Crippen LogP contribution in [0.3, 0.4) is 0 Å². The molecule has 1 unspecified atom stereocenters. The van der Waals surface area contributed by atoms with Crippen LogP contribution in [0.1, 0.15) is 30.9 Å². The maximum atomic E-state index is 13.4. The summed E-state index contributed by atoms with van der Waals surface area (Å²) in [6.45, 7) is 3.10. The van der Waals surface area contributed by atoms with Crippen LogP contribution in [-0.4, -0.2) is 41.5 Å². The molecule has 0 N–H and O–H groups in total. The fourth-order valence-electron chi connectivity index (χ4n) is 3.83. The van der Waals surface area contributed by atoms with Gasteiger partial charge in [0.25, 0.3) is 5.56 Å². The Labute approximate surface area is 176 Å². The fourth-order valence-corrected chi connectivity index (χ4v) is 4.98. The summed E-state index contributed by atoms with van der Waals surface area (Å²) in [7, 11) is 0. The highest BCUT2D eigenvalue weighted by molar-refractivity contribution is 7.22. The molecule has 164 valence electrons. The molecule has 13 heteroatoms. The zero-order valence-electron chi connectivity index (χ0n) is 16.1. The van der Waals surface area contributed by atoms with Crippen LogP contribution in [0.25, 0.3) is 10.1 Å². The molecule has 0 bridgehead atoms. The van der Waals surface area contributed by atoms with E-state index in [1.807, 2.05) is 6.92 Å². The summed E-state index contributed by atoms with van der Waals surface area (Å²) in [5.41, 5.74) is -4.72. The van der Waals surface area contributed by atoms with Crippen molar-refractivity contribution < 1.29 is 27.6 Å². The van der Waals surface area contributed by atoms with E-state index >= 15 is 0 Å². The largest absolute Gasteiger partial charge is 0.417 e. The number of benzene rings is 1. The van der Waals surface area contributed by atoms with Crippen molar-refractivity contribution in [3.63, 3.8) is 0 Å². The SMILES string of the molecule is CC1COC2(CCN(c3nc(=O)c4cc(C(F)(F)F)c(C#N)c([N+](=O)[O-])c4s3)CC2)O1. The third-order valence-corrected chi connectivity index (χ3v) is 6.42. The Hall–Kier alpha value is -2.82. The smallest absolute Gasteiger partial charge is 0.348 e. The number of ether oxygens (including phenoxy) is 2. The number of halogens is 3. The van der Waals surface area contributed by atoms with Crippen LogP contribution >= 0.6 is 11.3 Å². The van der Waals surface area contributed by atoms with Crippen molar-refractivity contribution in [2.24, 2.45) is 0 Å². The van der Waals surface area contributed by atoms with Crippen LogP contribution in [0.2, 0.25) is 0 Å². The summed E-state index contributed by atoms with van der Waals surface area (Å²) in [4.78, 5) is 28.6. The average molecular weight is 456 g/mol. The first kappa shape index (κ1) is 21.4. The minimum Gasteiger partial charge on any atom is -0.348 e. The van der Waals surface area contributed by atoms with Gasteiger partial charge in [0.2, 0.25) is 0 Å². The fraction of sp³-hybridized carbons (Fsp3) is 0.500. The summed E-state index contributed by atoms with van der Waals surface area (Å²) >= 11 is 0.716. The number of alkyl halides is 3. The molecule has 0 saturated carbocycles. The van der Waals surface area contributed by atoms with Gasteiger partial charge in [0.1, 0.15) is 16.3 Å². The molecule has 0 amide bonds. The molecule has 2 aliphatic rings. The van der Waals surface area contributed by atoms with Crippen LogP contribution < -0.4 is 10.5 Å². The first-order valence-electron chi connectivity index (χ1n) is 9.25. The predicted molar refractivity (Wildman–Crippen MR) is 103 cm³/mol. The van der Waals surface area contributed by atoms with E-state index < -0.39 is 44.6 Å². The standard InChI is InChI=1S/C18H15F3N4O5S/c1-9-8-29-17(30-9)2-4-24(5-3-17)16-23-15(26)10-6-12(18(19,20)21)11(7-22)13(25(27)28)14(10)31-16/h6,9H,2-5,8H2,1H3. The lowest BCUT2D eigenvalue weighted by atomic mass is 10.0. The summed E-state index contributed by atoms with van der Waals surface area (Å²) < 4.78 is 51.3. The molecule has 1 aromatic heterocycles. The van der Waals surface area contributed by atoms with E-state index in [-0.39, 0.29) is 15.9 Å². The Kier molecular flexibility index (Phi) is 5.11. The Bertz CT molecular complexity index is 1170. The molecular weight excluding hydrogens is 441 g/mol. The number of rotatable bonds is 2. The van der Waals surface area contributed by atoms with E-state index in [1.54, 1.807) is 4.90 Å². The van der Waals surface area contributed by atoms with E-state index in [1.165, 1.54) is 6.07 Å². The number of nitriles is 1. The van der Waals surface area contributed by atoms with E-state index in [2.05, 4.69) is 4.98 Å². The maximum Gasteiger partial charge on any atom is 0.417 e. The Morgan fingerprint density at radius 3 is 2.61 bits per heavy atom. The van der Waals surface area contributed by atoms with Gasteiger partial charge in [-0.25, -0.2) is 0 Å². The van der Waals surface area contributed by atoms with Crippen molar-refractivity contribution in [3.8, 4) is 6.07 Å². The topological polar surface area (TPSA) is 119 Å². The second-order valence-corrected chi connectivity index (χ2v) is 8.31. The van der Waals surface area contributed by atoms with Gasteiger partial charge in [-0.05, 0) is 13.0 Å². The van der Waals surface area contributed by atoms with Crippen LogP contribution in [0, 0.1) is 21.4 Å². The van der Waals surface area contributed by atoms with Gasteiger partial charge < -0.3 is 14.4 Å². The molecule has 2 saturated heterocycles. The highest BCUT2D eigenvalue weighted by atomic mass is 32.1. The van der Waals surface area contributed by atoms with Crippen LogP contribution in [0.4, 0.5) is 24.0 Å². The lowest BCUT2D eigenvalue weighted by Crippen LogP contribution is -2.45. The van der Waals surface area contributed by atoms with Crippen LogP contribution in [0.15, 0.2) is 10.9 Å². The van der Waals surface area contributed by atoms with Crippen molar-refractivity contribution in [2.75, 3.05) is 24.6 Å². The molecule has 4 rings (SSSR count). The van der Waals surface area contributed by atoms with Gasteiger partial charge in [-0.15, -0.1) is 0 Å². The van der Waals surface area contributed by atoms with Gasteiger partial charge in [0.05, 0.1) is 28.6 Å². The van der Waals surface area contributed by atoms with Gasteiger partial charge >= 0.3 is 11.9 Å². The number of nitro groups is 1. The molecule has 3 heterocycles. The molecular formula is C18H15F3N4O5S. The molecule has 31 heavy (non-hydrogen) atoms. The third-order valence-electron chi connectivity index (χ3n) is 5.27. The first-order valence-corrected chi connectivity index (χ1v) is 10.1. The quantitative estimate of drug-likeness (QED) is 0.499. The number of nitro benzene ring substituents is 1. The molecule has 2 aromatic rings. The highest BCUT2D eigenvalue weighted by Gasteiger charge is 2.43. The van der Waals surface area contributed by atoms with Crippen molar-refractivity contribution >= 4 is 32.2 Å². The summed E-state index contributed by atoms with van der Waals surface area (Å²) in [5.74, 6) is -0.723. The number of piperidine rings is 1. The zero-order chi connectivity index (χ0) is 22.6. The van der Waals surface area contributed by atoms with Gasteiger partial charge in [-0.1, -0.05) is 11.3 Å². The van der Waals surface area contributed by atoms with Crippen molar-refractivity contribution in [1.29, 1.82) is 5.26 Å². The van der Waals surface area contributed by atoms with E-state index in [0.29, 0.717) is 49.9 Å². The number of hydrogen-bond donors (Lipinski definition) is 0. The van der Waals surface area contributed by atoms with Gasteiger partial charge in [-0.2, -0.15) is 23.4 Å². The van der Waals surface area contributed by atoms with Crippen molar-refractivity contribution in [2.45, 2.75) is 37.8 Å². The zero-order valence-corrected chi connectivity index (χ0v) is 16.9. The normalized spacial score (nSPS) is 20.9. The van der Waals surface area contributed by atoms with E-state index in [0.717, 1.165) is 0 Å².